The van der Waals surface area contributed by atoms with E-state index in [2.05, 4.69) is 15.3 Å². The molecule has 3 heterocycles. The number of nitrogens with one attached hydrogen (secondary N) is 1. The summed E-state index contributed by atoms with van der Waals surface area (Å²) in [6.45, 7) is 1.30. The average Bonchev–Trinajstić information content (AvgIpc) is 3.29. The molecule has 1 fully saturated rings. The number of primary amides is 1. The third-order valence-electron chi connectivity index (χ3n) is 4.56. The molecular weight excluding hydrogens is 401 g/mol. The fourth-order valence-corrected chi connectivity index (χ4v) is 4.96. The Bertz CT molecular complexity index is 1030. The van der Waals surface area contributed by atoms with Gasteiger partial charge in [0.15, 0.2) is 10.3 Å². The van der Waals surface area contributed by atoms with Gasteiger partial charge in [-0.2, -0.15) is 0 Å². The van der Waals surface area contributed by atoms with Gasteiger partial charge < -0.3 is 16.0 Å². The number of amides is 2. The maximum atomic E-state index is 13.9. The first kappa shape index (κ1) is 18.8. The van der Waals surface area contributed by atoms with Crippen molar-refractivity contribution in [3.63, 3.8) is 0 Å². The minimum atomic E-state index is -0.460. The number of para-hydroxylation sites is 1. The highest BCUT2D eigenvalue weighted by Crippen LogP contribution is 2.33. The maximum Gasteiger partial charge on any atom is 0.231 e. The van der Waals surface area contributed by atoms with Crippen molar-refractivity contribution in [1.29, 1.82) is 0 Å². The fourth-order valence-electron chi connectivity index (χ4n) is 3.23. The monoisotopic (exact) mass is 419 g/mol. The van der Waals surface area contributed by atoms with Crippen LogP contribution in [0.5, 0.6) is 0 Å². The zero-order valence-corrected chi connectivity index (χ0v) is 16.5. The van der Waals surface area contributed by atoms with Crippen molar-refractivity contribution in [2.24, 2.45) is 11.7 Å². The Morgan fingerprint density at radius 2 is 2.21 bits per heavy atom. The van der Waals surface area contributed by atoms with E-state index in [4.69, 9.17) is 5.73 Å². The smallest absolute Gasteiger partial charge is 0.231 e. The first-order chi connectivity index (χ1) is 13.5. The second kappa shape index (κ2) is 7.80. The number of piperidine rings is 1. The lowest BCUT2D eigenvalue weighted by Crippen LogP contribution is -2.40. The predicted octanol–water partition coefficient (Wildman–Crippen LogP) is 2.77. The molecule has 1 aromatic carbocycles. The van der Waals surface area contributed by atoms with E-state index in [1.165, 1.54) is 28.7 Å². The maximum absolute atomic E-state index is 13.9. The molecule has 0 saturated carbocycles. The Morgan fingerprint density at radius 3 is 3.00 bits per heavy atom. The molecule has 0 aliphatic carbocycles. The van der Waals surface area contributed by atoms with Gasteiger partial charge in [0.2, 0.25) is 11.8 Å². The summed E-state index contributed by atoms with van der Waals surface area (Å²) in [5.74, 6) is -1.12. The van der Waals surface area contributed by atoms with Crippen LogP contribution in [0.2, 0.25) is 0 Å². The predicted molar refractivity (Wildman–Crippen MR) is 108 cm³/mol. The molecule has 7 nitrogen and oxygen atoms in total. The molecule has 28 heavy (non-hydrogen) atoms. The minimum Gasteiger partial charge on any atom is -0.369 e. The van der Waals surface area contributed by atoms with E-state index in [0.29, 0.717) is 22.9 Å². The van der Waals surface area contributed by atoms with Crippen LogP contribution in [0.25, 0.3) is 10.2 Å². The van der Waals surface area contributed by atoms with Crippen LogP contribution in [-0.2, 0) is 16.0 Å². The van der Waals surface area contributed by atoms with E-state index >= 15 is 0 Å². The molecule has 1 saturated heterocycles. The number of rotatable bonds is 5. The number of thiazole rings is 2. The lowest BCUT2D eigenvalue weighted by Gasteiger charge is -2.31. The topological polar surface area (TPSA) is 101 Å². The van der Waals surface area contributed by atoms with E-state index in [9.17, 15) is 14.0 Å². The van der Waals surface area contributed by atoms with Crippen LogP contribution in [0.4, 0.5) is 14.7 Å². The summed E-state index contributed by atoms with van der Waals surface area (Å²) in [5.41, 5.74) is 6.09. The Hall–Kier alpha value is -2.59. The second-order valence-corrected chi connectivity index (χ2v) is 8.51. The van der Waals surface area contributed by atoms with Gasteiger partial charge in [-0.1, -0.05) is 17.4 Å². The number of anilines is 2. The highest BCUT2D eigenvalue weighted by molar-refractivity contribution is 7.22. The van der Waals surface area contributed by atoms with Gasteiger partial charge in [-0.3, -0.25) is 9.59 Å². The highest BCUT2D eigenvalue weighted by Gasteiger charge is 2.28. The SMILES string of the molecule is NC(=O)Cc1csc(NC(=O)C2CCCN(c3nc4c(F)cccc4s3)C2)n1. The van der Waals surface area contributed by atoms with E-state index in [-0.39, 0.29) is 24.1 Å². The zero-order chi connectivity index (χ0) is 19.7. The molecule has 1 atom stereocenters. The summed E-state index contributed by atoms with van der Waals surface area (Å²) in [6, 6.07) is 4.92. The molecule has 2 aromatic heterocycles. The van der Waals surface area contributed by atoms with Crippen LogP contribution >= 0.6 is 22.7 Å². The minimum absolute atomic E-state index is 0.0533. The van der Waals surface area contributed by atoms with Crippen molar-refractivity contribution in [1.82, 2.24) is 9.97 Å². The molecule has 3 aromatic rings. The zero-order valence-electron chi connectivity index (χ0n) is 14.9. The number of nitrogens with two attached hydrogens (primary N) is 1. The molecule has 2 amide bonds. The van der Waals surface area contributed by atoms with Crippen LogP contribution < -0.4 is 16.0 Å². The third kappa shape index (κ3) is 3.97. The number of halogens is 1. The third-order valence-corrected chi connectivity index (χ3v) is 6.45. The number of nitrogens with zero attached hydrogens (tertiary/aromatic N) is 3. The van der Waals surface area contributed by atoms with Crippen LogP contribution in [0.15, 0.2) is 23.6 Å². The molecule has 0 radical (unpaired) electrons. The summed E-state index contributed by atoms with van der Waals surface area (Å²) in [6.07, 6.45) is 1.67. The molecule has 0 bridgehead atoms. The molecule has 1 unspecified atom stereocenters. The van der Waals surface area contributed by atoms with Gasteiger partial charge in [0, 0.05) is 18.5 Å². The van der Waals surface area contributed by atoms with Crippen LogP contribution in [0, 0.1) is 11.7 Å². The number of benzene rings is 1. The number of fused-ring (bicyclic) bond motifs is 1. The van der Waals surface area contributed by atoms with Crippen molar-refractivity contribution in [2.75, 3.05) is 23.3 Å². The van der Waals surface area contributed by atoms with Gasteiger partial charge in [0.05, 0.1) is 22.7 Å². The fraction of sp³-hybridized carbons (Fsp3) is 0.333. The Kier molecular flexibility index (Phi) is 5.23. The van der Waals surface area contributed by atoms with Crippen molar-refractivity contribution in [3.8, 4) is 0 Å². The van der Waals surface area contributed by atoms with Gasteiger partial charge in [0.25, 0.3) is 0 Å². The largest absolute Gasteiger partial charge is 0.369 e. The highest BCUT2D eigenvalue weighted by atomic mass is 32.1. The van der Waals surface area contributed by atoms with E-state index in [1.807, 2.05) is 11.0 Å². The van der Waals surface area contributed by atoms with Gasteiger partial charge in [0.1, 0.15) is 11.3 Å². The van der Waals surface area contributed by atoms with Crippen molar-refractivity contribution in [3.05, 3.63) is 35.1 Å². The van der Waals surface area contributed by atoms with E-state index in [1.54, 1.807) is 11.4 Å². The van der Waals surface area contributed by atoms with Crippen LogP contribution in [0.3, 0.4) is 0 Å². The standard InChI is InChI=1S/C18H18FN5O2S2/c19-12-4-1-5-13-15(12)22-18(28-13)24-6-2-3-10(8-24)16(26)23-17-21-11(9-27-17)7-14(20)25/h1,4-5,9-10H,2-3,6-8H2,(H2,20,25)(H,21,23,26). The number of hydrogen-bond acceptors (Lipinski definition) is 7. The van der Waals surface area contributed by atoms with Crippen molar-refractivity contribution >= 4 is 55.0 Å². The van der Waals surface area contributed by atoms with Crippen molar-refractivity contribution in [2.45, 2.75) is 19.3 Å². The molecule has 3 N–H and O–H groups in total. The van der Waals surface area contributed by atoms with Crippen LogP contribution in [0.1, 0.15) is 18.5 Å². The van der Waals surface area contributed by atoms with E-state index in [0.717, 1.165) is 29.2 Å². The number of carbonyl (C=O) groups is 2. The Morgan fingerprint density at radius 1 is 1.36 bits per heavy atom. The number of carbonyl (C=O) groups excluding carboxylic acids is 2. The second-order valence-electron chi connectivity index (χ2n) is 6.64. The summed E-state index contributed by atoms with van der Waals surface area (Å²) < 4.78 is 14.7. The molecule has 4 rings (SSSR count). The molecular formula is C18H18FN5O2S2. The number of hydrogen-bond donors (Lipinski definition) is 2. The lowest BCUT2D eigenvalue weighted by molar-refractivity contribution is -0.120. The molecule has 1 aliphatic rings. The molecule has 1 aliphatic heterocycles. The van der Waals surface area contributed by atoms with Crippen LogP contribution in [-0.4, -0.2) is 34.9 Å². The lowest BCUT2D eigenvalue weighted by atomic mass is 9.97. The Labute approximate surface area is 168 Å². The Balaban J connectivity index is 1.44. The summed E-state index contributed by atoms with van der Waals surface area (Å²) in [5, 5.41) is 5.73. The average molecular weight is 420 g/mol. The normalized spacial score (nSPS) is 17.0. The summed E-state index contributed by atoms with van der Waals surface area (Å²) >= 11 is 2.70. The molecule has 10 heteroatoms. The van der Waals surface area contributed by atoms with Crippen molar-refractivity contribution < 1.29 is 14.0 Å². The van der Waals surface area contributed by atoms with Gasteiger partial charge in [-0.15, -0.1) is 11.3 Å². The summed E-state index contributed by atoms with van der Waals surface area (Å²) in [4.78, 5) is 34.3. The summed E-state index contributed by atoms with van der Waals surface area (Å²) in [7, 11) is 0. The van der Waals surface area contributed by atoms with Gasteiger partial charge in [-0.05, 0) is 25.0 Å². The first-order valence-corrected chi connectivity index (χ1v) is 10.5. The quantitative estimate of drug-likeness (QED) is 0.662. The molecule has 0 spiro atoms. The van der Waals surface area contributed by atoms with Gasteiger partial charge in [-0.25, -0.2) is 14.4 Å². The molecule has 146 valence electrons. The number of aromatic nitrogens is 2. The van der Waals surface area contributed by atoms with E-state index < -0.39 is 5.91 Å². The van der Waals surface area contributed by atoms with Gasteiger partial charge >= 0.3 is 0 Å². The first-order valence-electron chi connectivity index (χ1n) is 8.83.